The van der Waals surface area contributed by atoms with E-state index in [9.17, 15) is 0 Å². The number of fused-ring (bicyclic) bond motifs is 1. The molecule has 0 aliphatic carbocycles. The summed E-state index contributed by atoms with van der Waals surface area (Å²) in [7, 11) is 0. The summed E-state index contributed by atoms with van der Waals surface area (Å²) in [5.41, 5.74) is 1.15. The van der Waals surface area contributed by atoms with Crippen LogP contribution in [0, 0.1) is 5.92 Å². The first-order valence-electron chi connectivity index (χ1n) is 7.86. The van der Waals surface area contributed by atoms with Crippen LogP contribution >= 0.6 is 0 Å². The zero-order chi connectivity index (χ0) is 15.1. The monoisotopic (exact) mass is 290 g/mol. The lowest BCUT2D eigenvalue weighted by atomic mass is 10.0. The van der Waals surface area contributed by atoms with Crippen LogP contribution in [0.2, 0.25) is 0 Å². The molecule has 0 N–H and O–H groups in total. The molecule has 116 valence electrons. The number of benzene rings is 1. The molecule has 1 aliphatic heterocycles. The lowest BCUT2D eigenvalue weighted by Gasteiger charge is -2.13. The van der Waals surface area contributed by atoms with E-state index in [1.807, 2.05) is 12.1 Å². The molecule has 1 aromatic carbocycles. The van der Waals surface area contributed by atoms with E-state index in [-0.39, 0.29) is 0 Å². The molecule has 0 spiro atoms. The number of hydrogen-bond donors (Lipinski definition) is 0. The summed E-state index contributed by atoms with van der Waals surface area (Å²) in [6.45, 7) is 7.74. The average molecular weight is 290 g/mol. The predicted molar refractivity (Wildman–Crippen MR) is 85.7 cm³/mol. The Balaban J connectivity index is 1.72. The fraction of sp³-hybridized carbons (Fsp3) is 0.556. The van der Waals surface area contributed by atoms with Crippen molar-refractivity contribution in [3.8, 4) is 11.5 Å². The summed E-state index contributed by atoms with van der Waals surface area (Å²) in [6.07, 6.45) is 8.01. The highest BCUT2D eigenvalue weighted by Crippen LogP contribution is 2.32. The molecule has 0 saturated heterocycles. The molecule has 0 amide bonds. The maximum atomic E-state index is 5.72. The van der Waals surface area contributed by atoms with Crippen molar-refractivity contribution in [2.45, 2.75) is 46.1 Å². The molecule has 1 aliphatic rings. The fourth-order valence-electron chi connectivity index (χ4n) is 2.16. The Morgan fingerprint density at radius 1 is 1.24 bits per heavy atom. The molecule has 0 fully saturated rings. The highest BCUT2D eigenvalue weighted by molar-refractivity contribution is 5.56. The topological polar surface area (TPSA) is 27.7 Å². The number of rotatable bonds is 8. The Hall–Kier alpha value is -1.48. The Labute approximate surface area is 127 Å². The van der Waals surface area contributed by atoms with Gasteiger partial charge < -0.3 is 14.2 Å². The lowest BCUT2D eigenvalue weighted by molar-refractivity contribution is 0.0556. The molecule has 2 rings (SSSR count). The Morgan fingerprint density at radius 3 is 2.86 bits per heavy atom. The first kappa shape index (κ1) is 15.9. The summed E-state index contributed by atoms with van der Waals surface area (Å²) in [5.74, 6) is 2.31. The minimum Gasteiger partial charge on any atom is -0.454 e. The van der Waals surface area contributed by atoms with Crippen LogP contribution in [0.1, 0.15) is 45.6 Å². The molecule has 21 heavy (non-hydrogen) atoms. The van der Waals surface area contributed by atoms with Crippen LogP contribution in [0.4, 0.5) is 0 Å². The van der Waals surface area contributed by atoms with Gasteiger partial charge in [0.15, 0.2) is 11.5 Å². The standard InChI is InChI=1S/C18H26O3/c1-4-15(3)19-11-10-14(2)6-5-7-16-8-9-17-18(12-16)21-13-20-17/h5,7-9,12,14-15H,4,6,10-11,13H2,1-3H3. The average Bonchev–Trinajstić information content (AvgIpc) is 2.94. The zero-order valence-electron chi connectivity index (χ0n) is 13.3. The normalized spacial score (nSPS) is 16.3. The molecular formula is C18H26O3. The van der Waals surface area contributed by atoms with Crippen molar-refractivity contribution in [1.29, 1.82) is 0 Å². The lowest BCUT2D eigenvalue weighted by Crippen LogP contribution is -2.09. The second-order valence-corrected chi connectivity index (χ2v) is 5.73. The third kappa shape index (κ3) is 5.09. The molecule has 0 saturated carbocycles. The van der Waals surface area contributed by atoms with Crippen molar-refractivity contribution in [3.63, 3.8) is 0 Å². The van der Waals surface area contributed by atoms with Gasteiger partial charge in [0.1, 0.15) is 0 Å². The molecule has 3 heteroatoms. The maximum absolute atomic E-state index is 5.72. The number of ether oxygens (including phenoxy) is 3. The second kappa shape index (κ2) is 8.08. The largest absolute Gasteiger partial charge is 0.454 e. The van der Waals surface area contributed by atoms with Crippen molar-refractivity contribution in [3.05, 3.63) is 29.8 Å². The third-order valence-corrected chi connectivity index (χ3v) is 3.83. The van der Waals surface area contributed by atoms with Crippen molar-refractivity contribution in [1.82, 2.24) is 0 Å². The van der Waals surface area contributed by atoms with E-state index in [4.69, 9.17) is 14.2 Å². The molecule has 0 bridgehead atoms. The van der Waals surface area contributed by atoms with E-state index in [1.165, 1.54) is 0 Å². The van der Waals surface area contributed by atoms with Crippen LogP contribution < -0.4 is 9.47 Å². The van der Waals surface area contributed by atoms with Gasteiger partial charge in [-0.05, 0) is 49.8 Å². The summed E-state index contributed by atoms with van der Waals surface area (Å²) in [4.78, 5) is 0. The third-order valence-electron chi connectivity index (χ3n) is 3.83. The van der Waals surface area contributed by atoms with E-state index in [1.54, 1.807) is 0 Å². The molecule has 2 unspecified atom stereocenters. The van der Waals surface area contributed by atoms with Crippen LogP contribution in [-0.2, 0) is 4.74 Å². The first-order chi connectivity index (χ1) is 10.2. The van der Waals surface area contributed by atoms with Crippen LogP contribution in [0.25, 0.3) is 6.08 Å². The number of allylic oxidation sites excluding steroid dienone is 1. The predicted octanol–water partition coefficient (Wildman–Crippen LogP) is 4.66. The van der Waals surface area contributed by atoms with Gasteiger partial charge >= 0.3 is 0 Å². The van der Waals surface area contributed by atoms with Crippen molar-refractivity contribution >= 4 is 6.08 Å². The van der Waals surface area contributed by atoms with Gasteiger partial charge in [-0.2, -0.15) is 0 Å². The summed E-state index contributed by atoms with van der Waals surface area (Å²) in [5, 5.41) is 0. The Morgan fingerprint density at radius 2 is 2.05 bits per heavy atom. The van der Waals surface area contributed by atoms with Gasteiger partial charge in [0.05, 0.1) is 6.10 Å². The van der Waals surface area contributed by atoms with Gasteiger partial charge in [-0.3, -0.25) is 0 Å². The van der Waals surface area contributed by atoms with Crippen LogP contribution in [-0.4, -0.2) is 19.5 Å². The summed E-state index contributed by atoms with van der Waals surface area (Å²) < 4.78 is 16.4. The zero-order valence-corrected chi connectivity index (χ0v) is 13.3. The van der Waals surface area contributed by atoms with Gasteiger partial charge in [0, 0.05) is 6.61 Å². The summed E-state index contributed by atoms with van der Waals surface area (Å²) >= 11 is 0. The van der Waals surface area contributed by atoms with E-state index in [0.29, 0.717) is 18.8 Å². The molecule has 3 nitrogen and oxygen atoms in total. The Kier molecular flexibility index (Phi) is 6.12. The highest BCUT2D eigenvalue weighted by atomic mass is 16.7. The molecule has 0 aromatic heterocycles. The minimum atomic E-state index is 0.329. The first-order valence-corrected chi connectivity index (χ1v) is 7.86. The van der Waals surface area contributed by atoms with E-state index in [0.717, 1.165) is 42.9 Å². The van der Waals surface area contributed by atoms with Crippen LogP contribution in [0.15, 0.2) is 24.3 Å². The van der Waals surface area contributed by atoms with Gasteiger partial charge in [-0.15, -0.1) is 0 Å². The fourth-order valence-corrected chi connectivity index (χ4v) is 2.16. The van der Waals surface area contributed by atoms with Gasteiger partial charge in [-0.1, -0.05) is 32.1 Å². The van der Waals surface area contributed by atoms with E-state index in [2.05, 4.69) is 39.0 Å². The molecule has 1 aromatic rings. The van der Waals surface area contributed by atoms with Gasteiger partial charge in [-0.25, -0.2) is 0 Å². The Bertz CT molecular complexity index is 468. The second-order valence-electron chi connectivity index (χ2n) is 5.73. The smallest absolute Gasteiger partial charge is 0.231 e. The van der Waals surface area contributed by atoms with Crippen molar-refractivity contribution in [2.75, 3.05) is 13.4 Å². The van der Waals surface area contributed by atoms with Crippen molar-refractivity contribution < 1.29 is 14.2 Å². The van der Waals surface area contributed by atoms with E-state index < -0.39 is 0 Å². The SMILES string of the molecule is CCC(C)OCCC(C)CC=Cc1ccc2c(c1)OCO2. The molecular weight excluding hydrogens is 264 g/mol. The van der Waals surface area contributed by atoms with Gasteiger partial charge in [0.2, 0.25) is 6.79 Å². The highest BCUT2D eigenvalue weighted by Gasteiger charge is 2.12. The minimum absolute atomic E-state index is 0.329. The van der Waals surface area contributed by atoms with Crippen molar-refractivity contribution in [2.24, 2.45) is 5.92 Å². The molecule has 0 radical (unpaired) electrons. The number of hydrogen-bond acceptors (Lipinski definition) is 3. The quantitative estimate of drug-likeness (QED) is 0.697. The maximum Gasteiger partial charge on any atom is 0.231 e. The summed E-state index contributed by atoms with van der Waals surface area (Å²) in [6, 6.07) is 6.04. The molecule has 1 heterocycles. The van der Waals surface area contributed by atoms with Gasteiger partial charge in [0.25, 0.3) is 0 Å². The van der Waals surface area contributed by atoms with Crippen LogP contribution in [0.5, 0.6) is 11.5 Å². The van der Waals surface area contributed by atoms with E-state index >= 15 is 0 Å². The van der Waals surface area contributed by atoms with Crippen LogP contribution in [0.3, 0.4) is 0 Å². The molecule has 2 atom stereocenters.